The van der Waals surface area contributed by atoms with Gasteiger partial charge in [0.2, 0.25) is 0 Å². The van der Waals surface area contributed by atoms with E-state index in [1.54, 1.807) is 24.6 Å². The van der Waals surface area contributed by atoms with Crippen molar-refractivity contribution >= 4 is 46.7 Å². The first-order valence-electron chi connectivity index (χ1n) is 10.4. The second-order valence-electron chi connectivity index (χ2n) is 7.79. The maximum atomic E-state index is 10.5. The number of benzene rings is 3. The number of ether oxygens (including phenoxy) is 1. The van der Waals surface area contributed by atoms with Crippen molar-refractivity contribution in [2.45, 2.75) is 0 Å². The molecule has 7 bridgehead atoms. The summed E-state index contributed by atoms with van der Waals surface area (Å²) >= 11 is 0. The molecule has 0 fully saturated rings. The number of anilines is 1. The van der Waals surface area contributed by atoms with Crippen LogP contribution in [0.5, 0.6) is 11.5 Å². The quantitative estimate of drug-likeness (QED) is 0.533. The van der Waals surface area contributed by atoms with Crippen LogP contribution in [0.15, 0.2) is 76.3 Å². The number of hydrogen-bond donors (Lipinski definition) is 2. The number of nitriles is 1. The minimum Gasteiger partial charge on any atom is -0.507 e. The van der Waals surface area contributed by atoms with E-state index >= 15 is 0 Å². The first-order chi connectivity index (χ1) is 16.2. The molecule has 4 aliphatic rings. The topological polar surface area (TPSA) is 93.2 Å². The Bertz CT molecular complexity index is 1520. The summed E-state index contributed by atoms with van der Waals surface area (Å²) in [7, 11) is 0. The summed E-state index contributed by atoms with van der Waals surface area (Å²) in [5.41, 5.74) is 4.79. The molecular weight excluding hydrogens is 414 g/mol. The molecule has 158 valence electrons. The highest BCUT2D eigenvalue weighted by Crippen LogP contribution is 2.37. The van der Waals surface area contributed by atoms with Crippen molar-refractivity contribution in [3.63, 3.8) is 0 Å². The summed E-state index contributed by atoms with van der Waals surface area (Å²) in [6.45, 7) is 0.554. The zero-order valence-corrected chi connectivity index (χ0v) is 17.4. The van der Waals surface area contributed by atoms with Gasteiger partial charge >= 0.3 is 0 Å². The molecule has 0 unspecified atom stereocenters. The van der Waals surface area contributed by atoms with Crippen LogP contribution in [0.25, 0.3) is 22.9 Å². The molecule has 4 aliphatic heterocycles. The summed E-state index contributed by atoms with van der Waals surface area (Å²) in [6, 6.07) is 15.4. The predicted molar refractivity (Wildman–Crippen MR) is 130 cm³/mol. The Morgan fingerprint density at radius 3 is 2.88 bits per heavy atom. The Morgan fingerprint density at radius 2 is 2.00 bits per heavy atom. The van der Waals surface area contributed by atoms with Gasteiger partial charge in [-0.2, -0.15) is 5.26 Å². The first-order valence-corrected chi connectivity index (χ1v) is 10.4. The number of allylic oxidation sites excluding steroid dienone is 2. The lowest BCUT2D eigenvalue weighted by Crippen LogP contribution is -2.23. The van der Waals surface area contributed by atoms with Crippen LogP contribution in [0.2, 0.25) is 0 Å². The van der Waals surface area contributed by atoms with Crippen molar-refractivity contribution in [2.24, 2.45) is 9.98 Å². The van der Waals surface area contributed by atoms with Gasteiger partial charge in [0.1, 0.15) is 17.6 Å². The van der Waals surface area contributed by atoms with Crippen LogP contribution >= 0.6 is 0 Å². The van der Waals surface area contributed by atoms with Crippen molar-refractivity contribution in [2.75, 3.05) is 11.6 Å². The molecule has 0 atom stereocenters. The smallest absolute Gasteiger partial charge is 0.127 e. The van der Waals surface area contributed by atoms with Gasteiger partial charge < -0.3 is 20.1 Å². The lowest BCUT2D eigenvalue weighted by Gasteiger charge is -2.19. The molecular formula is C26H17N5O2. The number of nitrogens with one attached hydrogen (secondary N) is 1. The van der Waals surface area contributed by atoms with E-state index in [-0.39, 0.29) is 5.75 Å². The molecule has 0 amide bonds. The summed E-state index contributed by atoms with van der Waals surface area (Å²) in [5.74, 6) is 0.751. The average molecular weight is 431 g/mol. The van der Waals surface area contributed by atoms with E-state index in [1.807, 2.05) is 53.6 Å². The third-order valence-corrected chi connectivity index (χ3v) is 5.79. The van der Waals surface area contributed by atoms with E-state index in [4.69, 9.17) is 4.74 Å². The Labute approximate surface area is 189 Å². The number of nitrogens with zero attached hydrogens (tertiary/aromatic N) is 4. The second-order valence-corrected chi connectivity index (χ2v) is 7.79. The SMILES string of the molecule is N#Cc1c2cc3ccc4cc3c1N=CC(=C2)N=CC1=CNCN1c1ccc(c(O)c1)C=CO4. The number of hydrogen-bond acceptors (Lipinski definition) is 7. The molecule has 0 saturated heterocycles. The fraction of sp³-hybridized carbons (Fsp3) is 0.0385. The van der Waals surface area contributed by atoms with Gasteiger partial charge in [0.25, 0.3) is 0 Å². The summed E-state index contributed by atoms with van der Waals surface area (Å²) < 4.78 is 5.81. The van der Waals surface area contributed by atoms with Crippen molar-refractivity contribution in [1.82, 2.24) is 5.32 Å². The normalized spacial score (nSPS) is 15.7. The zero-order valence-electron chi connectivity index (χ0n) is 17.4. The molecule has 7 heteroatoms. The van der Waals surface area contributed by atoms with E-state index in [1.165, 1.54) is 6.26 Å². The third kappa shape index (κ3) is 3.22. The van der Waals surface area contributed by atoms with Crippen molar-refractivity contribution in [3.05, 3.63) is 83.0 Å². The van der Waals surface area contributed by atoms with Crippen molar-refractivity contribution < 1.29 is 9.84 Å². The fourth-order valence-corrected chi connectivity index (χ4v) is 4.14. The Hall–Kier alpha value is -4.83. The van der Waals surface area contributed by atoms with E-state index in [0.29, 0.717) is 34.9 Å². The molecule has 7 rings (SSSR count). The molecule has 0 aliphatic carbocycles. The summed E-state index contributed by atoms with van der Waals surface area (Å²) in [5, 5.41) is 25.4. The second kappa shape index (κ2) is 7.39. The van der Waals surface area contributed by atoms with Gasteiger partial charge in [-0.25, -0.2) is 0 Å². The van der Waals surface area contributed by atoms with Gasteiger partial charge in [-0.15, -0.1) is 0 Å². The third-order valence-electron chi connectivity index (χ3n) is 5.79. The number of phenols is 1. The minimum absolute atomic E-state index is 0.147. The van der Waals surface area contributed by atoms with Gasteiger partial charge in [-0.05, 0) is 53.4 Å². The molecule has 2 N–H and O–H groups in total. The minimum atomic E-state index is 0.147. The van der Waals surface area contributed by atoms with Crippen LogP contribution in [-0.2, 0) is 0 Å². The molecule has 7 nitrogen and oxygen atoms in total. The van der Waals surface area contributed by atoms with Gasteiger partial charge in [0.15, 0.2) is 0 Å². The number of aromatic hydroxyl groups is 1. The standard InChI is InChI=1S/C26H17N5O2/c27-11-24-18-7-17-2-4-22-10-23(17)26(24)30-12-19(8-18)29-14-21-13-28-15-31(21)20-3-1-16(5-6-33-22)25(32)9-20/h1-10,12-14,28,32H,15H2. The number of aliphatic imine (C=N–C) groups is 2. The van der Waals surface area contributed by atoms with Gasteiger partial charge in [0.05, 0.1) is 48.0 Å². The van der Waals surface area contributed by atoms with Crippen molar-refractivity contribution in [1.29, 1.82) is 5.26 Å². The van der Waals surface area contributed by atoms with Gasteiger partial charge in [-0.3, -0.25) is 9.98 Å². The Balaban J connectivity index is 1.56. The van der Waals surface area contributed by atoms with Gasteiger partial charge in [-0.1, -0.05) is 6.07 Å². The monoisotopic (exact) mass is 431 g/mol. The molecule has 0 saturated carbocycles. The molecule has 0 aromatic heterocycles. The maximum absolute atomic E-state index is 10.5. The van der Waals surface area contributed by atoms with Crippen LogP contribution in [-0.4, -0.2) is 24.2 Å². The number of phenolic OH excluding ortho intramolecular Hbond substituents is 1. The van der Waals surface area contributed by atoms with E-state index in [0.717, 1.165) is 27.7 Å². The van der Waals surface area contributed by atoms with E-state index in [2.05, 4.69) is 21.4 Å². The van der Waals surface area contributed by atoms with Crippen molar-refractivity contribution in [3.8, 4) is 17.6 Å². The maximum Gasteiger partial charge on any atom is 0.127 e. The fourth-order valence-electron chi connectivity index (χ4n) is 4.14. The lowest BCUT2D eigenvalue weighted by molar-refractivity contribution is 0.471. The predicted octanol–water partition coefficient (Wildman–Crippen LogP) is 4.82. The largest absolute Gasteiger partial charge is 0.507 e. The molecule has 3 aromatic carbocycles. The lowest BCUT2D eigenvalue weighted by atomic mass is 9.98. The molecule has 33 heavy (non-hydrogen) atoms. The number of fused-ring (bicyclic) bond motifs is 4. The van der Waals surface area contributed by atoms with Crippen LogP contribution in [0.4, 0.5) is 11.4 Å². The van der Waals surface area contributed by atoms with E-state index in [9.17, 15) is 10.4 Å². The van der Waals surface area contributed by atoms with Crippen LogP contribution in [0, 0.1) is 11.3 Å². The zero-order chi connectivity index (χ0) is 22.4. The number of rotatable bonds is 0. The molecule has 0 radical (unpaired) electrons. The molecule has 4 heterocycles. The Morgan fingerprint density at radius 1 is 1.06 bits per heavy atom. The van der Waals surface area contributed by atoms with Crippen LogP contribution in [0.3, 0.4) is 0 Å². The average Bonchev–Trinajstić information content (AvgIpc) is 3.24. The summed E-state index contributed by atoms with van der Waals surface area (Å²) in [6.07, 6.45) is 10.4. The summed E-state index contributed by atoms with van der Waals surface area (Å²) in [4.78, 5) is 11.3. The molecule has 3 aromatic rings. The highest BCUT2D eigenvalue weighted by molar-refractivity contribution is 6.04. The van der Waals surface area contributed by atoms with Gasteiger partial charge in [0, 0.05) is 28.9 Å². The van der Waals surface area contributed by atoms with E-state index < -0.39 is 0 Å². The van der Waals surface area contributed by atoms with Crippen LogP contribution < -0.4 is 15.0 Å². The Kier molecular flexibility index (Phi) is 4.23. The molecule has 0 spiro atoms. The highest BCUT2D eigenvalue weighted by atomic mass is 16.5. The first kappa shape index (κ1) is 18.9. The highest BCUT2D eigenvalue weighted by Gasteiger charge is 2.18. The van der Waals surface area contributed by atoms with Crippen LogP contribution in [0.1, 0.15) is 16.7 Å².